The molecule has 0 spiro atoms. The Hall–Kier alpha value is -5.70. The maximum Gasteiger partial charge on any atom is 0.408 e. The number of benzene rings is 3. The number of ether oxygens (including phenoxy) is 2. The van der Waals surface area contributed by atoms with Crippen LogP contribution in [0.3, 0.4) is 0 Å². The number of carbonyl (C=O) groups is 2. The van der Waals surface area contributed by atoms with E-state index in [0.29, 0.717) is 16.6 Å². The Morgan fingerprint density at radius 3 is 1.85 bits per heavy atom. The van der Waals surface area contributed by atoms with Crippen molar-refractivity contribution in [3.8, 4) is 11.5 Å². The summed E-state index contributed by atoms with van der Waals surface area (Å²) in [5.41, 5.74) is 5.27. The van der Waals surface area contributed by atoms with Crippen molar-refractivity contribution in [1.29, 1.82) is 0 Å². The van der Waals surface area contributed by atoms with Crippen LogP contribution in [0.1, 0.15) is 49.9 Å². The molecule has 0 saturated carbocycles. The number of rotatable bonds is 8. The third-order valence-corrected chi connectivity index (χ3v) is 7.23. The molecule has 0 aliphatic heterocycles. The molecule has 3 aromatic carbocycles. The summed E-state index contributed by atoms with van der Waals surface area (Å²) in [7, 11) is 0. The molecule has 0 unspecified atom stereocenters. The highest BCUT2D eigenvalue weighted by molar-refractivity contribution is 5.89. The van der Waals surface area contributed by atoms with Crippen molar-refractivity contribution in [3.05, 3.63) is 126 Å². The number of phenols is 2. The molecule has 5 aromatic rings. The first-order chi connectivity index (χ1) is 21.9. The molecule has 0 bridgehead atoms. The van der Waals surface area contributed by atoms with Crippen molar-refractivity contribution in [3.63, 3.8) is 0 Å². The van der Waals surface area contributed by atoms with E-state index in [1.807, 2.05) is 57.2 Å². The van der Waals surface area contributed by atoms with Crippen molar-refractivity contribution in [2.24, 2.45) is 0 Å². The van der Waals surface area contributed by atoms with E-state index in [1.165, 1.54) is 0 Å². The lowest BCUT2D eigenvalue weighted by Crippen LogP contribution is -2.41. The number of nitrogens with one attached hydrogen (secondary N) is 1. The molecular formula is C37H37N3O6. The number of allylic oxidation sites excluding steroid dienone is 1. The first-order valence-electron chi connectivity index (χ1n) is 14.5. The number of aromatic hydroxyl groups is 2. The van der Waals surface area contributed by atoms with Gasteiger partial charge in [0.1, 0.15) is 35.7 Å². The van der Waals surface area contributed by atoms with Crippen molar-refractivity contribution in [2.75, 3.05) is 0 Å². The lowest BCUT2D eigenvalue weighted by atomic mass is 9.92. The van der Waals surface area contributed by atoms with Crippen LogP contribution in [-0.2, 0) is 33.0 Å². The Balaban J connectivity index is 0.000000230. The van der Waals surface area contributed by atoms with Crippen molar-refractivity contribution >= 4 is 39.4 Å². The van der Waals surface area contributed by atoms with Crippen molar-refractivity contribution in [1.82, 2.24) is 15.3 Å². The molecular weight excluding hydrogens is 582 g/mol. The van der Waals surface area contributed by atoms with Crippen molar-refractivity contribution in [2.45, 2.75) is 46.4 Å². The molecule has 0 radical (unpaired) electrons. The van der Waals surface area contributed by atoms with Gasteiger partial charge in [-0.25, -0.2) is 9.59 Å². The minimum absolute atomic E-state index is 0.0796. The van der Waals surface area contributed by atoms with Crippen LogP contribution >= 0.6 is 0 Å². The zero-order chi connectivity index (χ0) is 33.4. The number of phenolic OH excluding ortho intramolecular Hbond substituents is 2. The summed E-state index contributed by atoms with van der Waals surface area (Å²) in [5.74, 6) is -0.219. The molecule has 0 fully saturated rings. The number of hydrogen-bond donors (Lipinski definition) is 3. The molecule has 3 N–H and O–H groups in total. The van der Waals surface area contributed by atoms with E-state index in [4.69, 9.17) is 9.47 Å². The maximum absolute atomic E-state index is 12.4. The lowest BCUT2D eigenvalue weighted by Gasteiger charge is -2.27. The van der Waals surface area contributed by atoms with E-state index >= 15 is 0 Å². The second-order valence-electron chi connectivity index (χ2n) is 11.3. The molecule has 1 amide bonds. The van der Waals surface area contributed by atoms with Crippen LogP contribution in [0.15, 0.2) is 104 Å². The van der Waals surface area contributed by atoms with Gasteiger partial charge in [-0.05, 0) is 80.3 Å². The molecule has 0 atom stereocenters. The lowest BCUT2D eigenvalue weighted by molar-refractivity contribution is -0.140. The fourth-order valence-corrected chi connectivity index (χ4v) is 4.63. The molecule has 0 aliphatic carbocycles. The maximum atomic E-state index is 12.4. The zero-order valence-corrected chi connectivity index (χ0v) is 26.3. The molecule has 9 heteroatoms. The summed E-state index contributed by atoms with van der Waals surface area (Å²) in [6.45, 7) is 15.1. The number of alkyl carbamates (subject to hydrolysis) is 1. The van der Waals surface area contributed by atoms with E-state index in [2.05, 4.69) is 28.4 Å². The summed E-state index contributed by atoms with van der Waals surface area (Å²) >= 11 is 0. The van der Waals surface area contributed by atoms with Gasteiger partial charge in [0.05, 0.1) is 5.54 Å². The van der Waals surface area contributed by atoms with Gasteiger partial charge in [0, 0.05) is 28.7 Å². The Morgan fingerprint density at radius 1 is 0.783 bits per heavy atom. The predicted octanol–water partition coefficient (Wildman–Crippen LogP) is 7.69. The summed E-state index contributed by atoms with van der Waals surface area (Å²) in [6.07, 6.45) is 2.70. The monoisotopic (exact) mass is 619 g/mol. The number of nitrogens with zero attached hydrogens (tertiary/aromatic N) is 2. The number of fused-ring (bicyclic) bond motifs is 2. The number of aromatic nitrogens is 2. The molecule has 46 heavy (non-hydrogen) atoms. The van der Waals surface area contributed by atoms with Crippen molar-refractivity contribution < 1.29 is 29.3 Å². The van der Waals surface area contributed by atoms with E-state index in [9.17, 15) is 19.8 Å². The average Bonchev–Trinajstić information content (AvgIpc) is 3.04. The largest absolute Gasteiger partial charge is 0.506 e. The normalized spacial score (nSPS) is 10.9. The second-order valence-corrected chi connectivity index (χ2v) is 11.3. The quantitative estimate of drug-likeness (QED) is 0.119. The Bertz CT molecular complexity index is 1930. The van der Waals surface area contributed by atoms with Gasteiger partial charge in [0.15, 0.2) is 0 Å². The predicted molar refractivity (Wildman–Crippen MR) is 179 cm³/mol. The van der Waals surface area contributed by atoms with Gasteiger partial charge in [-0.3, -0.25) is 9.97 Å². The highest BCUT2D eigenvalue weighted by Crippen LogP contribution is 2.28. The third-order valence-electron chi connectivity index (χ3n) is 7.23. The summed E-state index contributed by atoms with van der Waals surface area (Å²) in [5, 5.41) is 24.0. The molecule has 9 nitrogen and oxygen atoms in total. The van der Waals surface area contributed by atoms with Crippen LogP contribution in [0.4, 0.5) is 4.79 Å². The van der Waals surface area contributed by atoms with Gasteiger partial charge in [0.2, 0.25) is 0 Å². The van der Waals surface area contributed by atoms with E-state index < -0.39 is 17.6 Å². The first-order valence-corrected chi connectivity index (χ1v) is 14.5. The topological polar surface area (TPSA) is 131 Å². The van der Waals surface area contributed by atoms with Gasteiger partial charge in [-0.15, -0.1) is 0 Å². The highest BCUT2D eigenvalue weighted by Gasteiger charge is 2.24. The first kappa shape index (κ1) is 33.2. The Morgan fingerprint density at radius 2 is 1.33 bits per heavy atom. The van der Waals surface area contributed by atoms with Crippen LogP contribution in [0.2, 0.25) is 0 Å². The molecule has 2 aromatic heterocycles. The van der Waals surface area contributed by atoms with E-state index in [0.717, 1.165) is 38.6 Å². The van der Waals surface area contributed by atoms with Gasteiger partial charge in [-0.1, -0.05) is 61.2 Å². The summed E-state index contributed by atoms with van der Waals surface area (Å²) in [4.78, 5) is 32.0. The minimum Gasteiger partial charge on any atom is -0.506 e. The third kappa shape index (κ3) is 8.06. The van der Waals surface area contributed by atoms with Crippen LogP contribution in [0.5, 0.6) is 11.5 Å². The van der Waals surface area contributed by atoms with Gasteiger partial charge >= 0.3 is 12.1 Å². The van der Waals surface area contributed by atoms with Crippen LogP contribution in [0.25, 0.3) is 27.4 Å². The molecule has 0 aliphatic rings. The molecule has 236 valence electrons. The minimum atomic E-state index is -0.610. The Kier molecular flexibility index (Phi) is 10.4. The summed E-state index contributed by atoms with van der Waals surface area (Å²) in [6, 6.07) is 21.7. The van der Waals surface area contributed by atoms with Gasteiger partial charge < -0.3 is 25.0 Å². The van der Waals surface area contributed by atoms with E-state index in [1.54, 1.807) is 55.7 Å². The fraction of sp³-hybridized carbons (Fsp3) is 0.189. The zero-order valence-electron chi connectivity index (χ0n) is 26.3. The standard InChI is InChI=1S/C23H24N2O3.C14H13NO3/c1-15(2)16-7-5-8-18(13-16)23(3,4)25-22(27)28-14-17-10-11-20(26)21-19(17)9-6-12-24-21;1-9(2)14(17)18-8-10-5-6-12(16)13-11(10)4-3-7-15-13/h5-13,26H,1,14H2,2-4H3,(H,25,27);3-7,16H,1,8H2,2H3. The average molecular weight is 620 g/mol. The number of esters is 1. The number of hydrogen-bond acceptors (Lipinski definition) is 8. The molecule has 0 saturated heterocycles. The van der Waals surface area contributed by atoms with E-state index in [-0.39, 0.29) is 24.7 Å². The van der Waals surface area contributed by atoms with Crippen LogP contribution in [0, 0.1) is 0 Å². The molecule has 2 heterocycles. The Labute approximate surface area is 267 Å². The number of amides is 1. The number of carbonyl (C=O) groups excluding carboxylic acids is 2. The van der Waals surface area contributed by atoms with Crippen LogP contribution < -0.4 is 5.32 Å². The summed E-state index contributed by atoms with van der Waals surface area (Å²) < 4.78 is 10.5. The SMILES string of the molecule is C=C(C)C(=O)OCc1ccc(O)c2ncccc12.C=C(C)c1cccc(C(C)(C)NC(=O)OCc2ccc(O)c3ncccc23)c1. The molecule has 5 rings (SSSR count). The highest BCUT2D eigenvalue weighted by atomic mass is 16.5. The second kappa shape index (κ2) is 14.4. The van der Waals surface area contributed by atoms with Gasteiger partial charge in [-0.2, -0.15) is 0 Å². The van der Waals surface area contributed by atoms with Crippen LogP contribution in [-0.4, -0.2) is 32.2 Å². The van der Waals surface area contributed by atoms with Gasteiger partial charge in [0.25, 0.3) is 0 Å². The smallest absolute Gasteiger partial charge is 0.408 e. The number of pyridine rings is 2. The fourth-order valence-electron chi connectivity index (χ4n) is 4.63.